The third-order valence-corrected chi connectivity index (χ3v) is 5.15. The van der Waals surface area contributed by atoms with Crippen molar-refractivity contribution in [2.75, 3.05) is 12.4 Å². The number of benzene rings is 4. The molecule has 0 spiro atoms. The van der Waals surface area contributed by atoms with Gasteiger partial charge in [0.2, 0.25) is 0 Å². The number of amides is 1. The van der Waals surface area contributed by atoms with Gasteiger partial charge in [-0.25, -0.2) is 0 Å². The first-order valence-corrected chi connectivity index (χ1v) is 10.2. The molecule has 4 aromatic rings. The summed E-state index contributed by atoms with van der Waals surface area (Å²) in [6, 6.07) is 25.5. The fourth-order valence-electron chi connectivity index (χ4n) is 3.76. The van der Waals surface area contributed by atoms with Crippen LogP contribution in [-0.2, 0) is 6.61 Å². The lowest BCUT2D eigenvalue weighted by Gasteiger charge is -2.14. The Balaban J connectivity index is 1.56. The minimum absolute atomic E-state index is 0.168. The van der Waals surface area contributed by atoms with Gasteiger partial charge in [0.1, 0.15) is 18.1 Å². The van der Waals surface area contributed by atoms with Gasteiger partial charge in [-0.3, -0.25) is 4.79 Å². The second-order valence-corrected chi connectivity index (χ2v) is 7.62. The van der Waals surface area contributed by atoms with Crippen molar-refractivity contribution >= 4 is 22.4 Å². The molecule has 4 heteroatoms. The van der Waals surface area contributed by atoms with Crippen LogP contribution in [0.2, 0.25) is 0 Å². The molecule has 0 heterocycles. The van der Waals surface area contributed by atoms with Crippen molar-refractivity contribution in [1.82, 2.24) is 0 Å². The van der Waals surface area contributed by atoms with Gasteiger partial charge in [-0.15, -0.1) is 0 Å². The van der Waals surface area contributed by atoms with Gasteiger partial charge in [0.15, 0.2) is 0 Å². The molecule has 1 amide bonds. The van der Waals surface area contributed by atoms with Gasteiger partial charge in [-0.1, -0.05) is 42.5 Å². The average molecular weight is 412 g/mol. The highest BCUT2D eigenvalue weighted by Crippen LogP contribution is 2.28. The van der Waals surface area contributed by atoms with Gasteiger partial charge in [0.05, 0.1) is 7.11 Å². The lowest BCUT2D eigenvalue weighted by molar-refractivity contribution is 0.102. The Bertz CT molecular complexity index is 1220. The number of rotatable bonds is 6. The van der Waals surface area contributed by atoms with Gasteiger partial charge >= 0.3 is 0 Å². The Labute approximate surface area is 182 Å². The van der Waals surface area contributed by atoms with Crippen LogP contribution in [0.1, 0.15) is 27.0 Å². The van der Waals surface area contributed by atoms with E-state index in [4.69, 9.17) is 9.47 Å². The van der Waals surface area contributed by atoms with Crippen molar-refractivity contribution in [2.24, 2.45) is 0 Å². The molecule has 31 heavy (non-hydrogen) atoms. The van der Waals surface area contributed by atoms with E-state index in [9.17, 15) is 4.79 Å². The monoisotopic (exact) mass is 411 g/mol. The lowest BCUT2D eigenvalue weighted by atomic mass is 10.1. The summed E-state index contributed by atoms with van der Waals surface area (Å²) in [4.78, 5) is 12.8. The van der Waals surface area contributed by atoms with Gasteiger partial charge in [-0.05, 0) is 66.8 Å². The molecule has 0 saturated heterocycles. The third-order valence-electron chi connectivity index (χ3n) is 5.15. The topological polar surface area (TPSA) is 47.6 Å². The first kappa shape index (κ1) is 20.5. The van der Waals surface area contributed by atoms with Crippen LogP contribution in [0.25, 0.3) is 10.8 Å². The Hall–Kier alpha value is -3.79. The fourth-order valence-corrected chi connectivity index (χ4v) is 3.76. The molecular weight excluding hydrogens is 386 g/mol. The van der Waals surface area contributed by atoms with Crippen LogP contribution in [-0.4, -0.2) is 13.0 Å². The van der Waals surface area contributed by atoms with Gasteiger partial charge in [-0.2, -0.15) is 0 Å². The first-order valence-electron chi connectivity index (χ1n) is 10.2. The molecule has 0 atom stereocenters. The molecule has 4 nitrogen and oxygen atoms in total. The van der Waals surface area contributed by atoms with Crippen LogP contribution in [0.3, 0.4) is 0 Å². The molecule has 0 fully saturated rings. The maximum Gasteiger partial charge on any atom is 0.255 e. The second kappa shape index (κ2) is 8.92. The van der Waals surface area contributed by atoms with Gasteiger partial charge < -0.3 is 14.8 Å². The summed E-state index contributed by atoms with van der Waals surface area (Å²) in [5.41, 5.74) is 4.36. The molecule has 0 bridgehead atoms. The molecule has 0 saturated carbocycles. The molecule has 0 radical (unpaired) electrons. The van der Waals surface area contributed by atoms with Crippen molar-refractivity contribution in [3.63, 3.8) is 0 Å². The molecule has 0 aliphatic carbocycles. The van der Waals surface area contributed by atoms with Crippen molar-refractivity contribution < 1.29 is 14.3 Å². The minimum Gasteiger partial charge on any atom is -0.496 e. The second-order valence-electron chi connectivity index (χ2n) is 7.62. The molecular formula is C27H25NO3. The highest BCUT2D eigenvalue weighted by molar-refractivity contribution is 6.04. The number of anilines is 1. The predicted octanol–water partition coefficient (Wildman–Crippen LogP) is 6.30. The fraction of sp³-hybridized carbons (Fsp3) is 0.148. The maximum atomic E-state index is 12.8. The largest absolute Gasteiger partial charge is 0.496 e. The summed E-state index contributed by atoms with van der Waals surface area (Å²) in [7, 11) is 1.62. The summed E-state index contributed by atoms with van der Waals surface area (Å²) in [6.45, 7) is 4.32. The van der Waals surface area contributed by atoms with E-state index >= 15 is 0 Å². The van der Waals surface area contributed by atoms with Crippen molar-refractivity contribution in [3.8, 4) is 11.5 Å². The van der Waals surface area contributed by atoms with Crippen LogP contribution in [0.4, 0.5) is 5.69 Å². The zero-order valence-electron chi connectivity index (χ0n) is 17.9. The normalized spacial score (nSPS) is 10.7. The summed E-state index contributed by atoms with van der Waals surface area (Å²) in [5, 5.41) is 5.15. The van der Waals surface area contributed by atoms with E-state index < -0.39 is 0 Å². The number of fused-ring (bicyclic) bond motifs is 1. The van der Waals surface area contributed by atoms with Gasteiger partial charge in [0, 0.05) is 22.2 Å². The van der Waals surface area contributed by atoms with Crippen LogP contribution < -0.4 is 14.8 Å². The van der Waals surface area contributed by atoms with E-state index in [0.717, 1.165) is 38.9 Å². The third kappa shape index (κ3) is 4.69. The van der Waals surface area contributed by atoms with Crippen molar-refractivity contribution in [1.29, 1.82) is 0 Å². The number of nitrogens with one attached hydrogen (secondary N) is 1. The number of methoxy groups -OCH3 is 1. The lowest BCUT2D eigenvalue weighted by Crippen LogP contribution is -2.13. The van der Waals surface area contributed by atoms with E-state index in [-0.39, 0.29) is 5.91 Å². The molecule has 0 unspecified atom stereocenters. The van der Waals surface area contributed by atoms with E-state index in [1.807, 2.05) is 62.4 Å². The van der Waals surface area contributed by atoms with E-state index in [0.29, 0.717) is 17.9 Å². The standard InChI is InChI=1S/C27H25NO3/c1-18-13-19(2)15-23(14-18)28-27(29)21-11-12-25(30-3)22(16-21)17-31-26-10-6-8-20-7-4-5-9-24(20)26/h4-16H,17H2,1-3H3,(H,28,29). The highest BCUT2D eigenvalue weighted by atomic mass is 16.5. The molecule has 0 aliphatic rings. The average Bonchev–Trinajstić information content (AvgIpc) is 2.76. The summed E-state index contributed by atoms with van der Waals surface area (Å²) in [6.07, 6.45) is 0. The summed E-state index contributed by atoms with van der Waals surface area (Å²) < 4.78 is 11.6. The number of hydrogen-bond acceptors (Lipinski definition) is 3. The smallest absolute Gasteiger partial charge is 0.255 e. The first-order chi connectivity index (χ1) is 15.0. The molecule has 0 aliphatic heterocycles. The zero-order valence-corrected chi connectivity index (χ0v) is 17.9. The van der Waals surface area contributed by atoms with E-state index in [2.05, 4.69) is 23.5 Å². The van der Waals surface area contributed by atoms with Gasteiger partial charge in [0.25, 0.3) is 5.91 Å². The number of ether oxygens (including phenoxy) is 2. The molecule has 0 aromatic heterocycles. The minimum atomic E-state index is -0.168. The quantitative estimate of drug-likeness (QED) is 0.405. The molecule has 4 aromatic carbocycles. The molecule has 4 rings (SSSR count). The predicted molar refractivity (Wildman–Crippen MR) is 125 cm³/mol. The molecule has 156 valence electrons. The Morgan fingerprint density at radius 2 is 1.58 bits per heavy atom. The van der Waals surface area contributed by atoms with E-state index in [1.54, 1.807) is 19.2 Å². The number of aryl methyl sites for hydroxylation is 2. The Kier molecular flexibility index (Phi) is 5.89. The summed E-state index contributed by atoms with van der Waals surface area (Å²) in [5.74, 6) is 1.31. The van der Waals surface area contributed by atoms with Crippen LogP contribution >= 0.6 is 0 Å². The SMILES string of the molecule is COc1ccc(C(=O)Nc2cc(C)cc(C)c2)cc1COc1cccc2ccccc12. The van der Waals surface area contributed by atoms with Crippen molar-refractivity contribution in [3.05, 3.63) is 101 Å². The summed E-state index contributed by atoms with van der Waals surface area (Å²) >= 11 is 0. The zero-order chi connectivity index (χ0) is 21.8. The van der Waals surface area contributed by atoms with Crippen molar-refractivity contribution in [2.45, 2.75) is 20.5 Å². The maximum absolute atomic E-state index is 12.8. The van der Waals surface area contributed by atoms with Crippen LogP contribution in [0.15, 0.2) is 78.9 Å². The number of hydrogen-bond donors (Lipinski definition) is 1. The van der Waals surface area contributed by atoms with Crippen LogP contribution in [0.5, 0.6) is 11.5 Å². The van der Waals surface area contributed by atoms with Crippen LogP contribution in [0, 0.1) is 13.8 Å². The van der Waals surface area contributed by atoms with E-state index in [1.165, 1.54) is 0 Å². The Morgan fingerprint density at radius 3 is 2.35 bits per heavy atom. The molecule has 1 N–H and O–H groups in total. The number of carbonyl (C=O) groups is 1. The number of carbonyl (C=O) groups excluding carboxylic acids is 1. The Morgan fingerprint density at radius 1 is 0.839 bits per heavy atom. The highest BCUT2D eigenvalue weighted by Gasteiger charge is 2.12.